The van der Waals surface area contributed by atoms with E-state index in [4.69, 9.17) is 59.0 Å². The second kappa shape index (κ2) is 43.0. The van der Waals surface area contributed by atoms with E-state index >= 15 is 0 Å². The number of rotatable bonds is 17. The Balaban J connectivity index is 0.000000329. The standard InChI is InChI=1S/2C14H11BrN4O3S.C13H18BrN5O.C7H5BrN4O.C6H6BrN3O.C6H15NO.CH3ClN2.CH4.ClH/c2*1-8-2-4-10(5-3-8)23(20,21)22-13-12-11(18-14(16)19-13)6-9(15)7-17-12;1-2-3-4-9(7-20)17-12-11-10(18-13(15)19-12)5-8(14)6-16-11;8-3-1-4-5(10-2-3)6(13)12-7(9)11-4;7-3-1-4(8)5(6(9)11)10-2-3;1-2-3-4-6(7)5-8;2-1(3)4;;/h2*2-7H,1H3,(H2,16,18,19);5-6,9,20H,2-4,7H2,1H3,(H3,15,17,18,19);1-2H,(H3,9,11,12,13);1-2H,8H2,(H2,9,11);6,8H,2-5,7H2,1H3;(H3,3,4);1H4;1H/t;;9-;;;6-;;;/m..1..1.../s1. The summed E-state index contributed by atoms with van der Waals surface area (Å²) in [5.74, 6) is -0.395. The summed E-state index contributed by atoms with van der Waals surface area (Å²) in [5.41, 5.74) is 47.8. The molecule has 0 saturated heterocycles. The van der Waals surface area contributed by atoms with E-state index in [-0.39, 0.29) is 129 Å². The third-order valence-electron chi connectivity index (χ3n) is 12.8. The minimum Gasteiger partial charge on any atom is -0.397 e. The molecule has 11 aromatic rings. The number of amidine groups is 1. The van der Waals surface area contributed by atoms with Gasteiger partial charge in [-0.15, -0.1) is 12.4 Å². The zero-order valence-corrected chi connectivity index (χ0v) is 66.0. The van der Waals surface area contributed by atoms with E-state index < -0.39 is 26.1 Å². The number of halogens is 7. The van der Waals surface area contributed by atoms with Gasteiger partial charge in [-0.05, 0) is 173 Å². The molecule has 9 aromatic heterocycles. The number of nitrogen functional groups attached to an aromatic ring is 5. The van der Waals surface area contributed by atoms with Crippen molar-refractivity contribution in [3.05, 3.63) is 159 Å². The Morgan fingerprint density at radius 2 is 0.942 bits per heavy atom. The van der Waals surface area contributed by atoms with Crippen molar-refractivity contribution in [1.82, 2.24) is 64.8 Å². The van der Waals surface area contributed by atoms with Crippen LogP contribution in [0.3, 0.4) is 0 Å². The first-order valence-corrected chi connectivity index (χ1v) is 36.9. The van der Waals surface area contributed by atoms with E-state index in [0.717, 1.165) is 63.1 Å². The van der Waals surface area contributed by atoms with Gasteiger partial charge in [-0.1, -0.05) is 82.3 Å². The maximum Gasteiger partial charge on any atom is 0.340 e. The number of aromatic nitrogens is 13. The van der Waals surface area contributed by atoms with Crippen molar-refractivity contribution in [2.75, 3.05) is 47.2 Å². The molecule has 104 heavy (non-hydrogen) atoms. The second-order valence-corrected chi connectivity index (χ2v) is 29.1. The Labute approximate surface area is 650 Å². The molecule has 21 N–H and O–H groups in total. The third-order valence-corrected chi connectivity index (χ3v) is 17.4. The van der Waals surface area contributed by atoms with Crippen LogP contribution in [0, 0.1) is 19.3 Å². The Hall–Kier alpha value is -8.55. The number of aliphatic hydroxyl groups excluding tert-OH is 2. The second-order valence-electron chi connectivity index (χ2n) is 21.0. The van der Waals surface area contributed by atoms with Crippen LogP contribution in [0.25, 0.3) is 44.1 Å². The smallest absolute Gasteiger partial charge is 0.340 e. The van der Waals surface area contributed by atoms with Gasteiger partial charge in [0, 0.05) is 59.4 Å². The minimum atomic E-state index is -4.05. The van der Waals surface area contributed by atoms with E-state index in [1.807, 2.05) is 19.9 Å². The fourth-order valence-electron chi connectivity index (χ4n) is 8.00. The van der Waals surface area contributed by atoms with Crippen LogP contribution in [0.15, 0.2) is 147 Å². The SMILES string of the molecule is C.CCCC[C@@H](N)CO.CCCC[C@H](CO)Nc1nc(N)nc2cc(Br)cnc12.Cc1ccc(S(=O)(=O)Oc2nc(N)nc3cc(Br)cnc23)cc1.Cc1ccc(S(=O)(=O)Oc2nc(N)nc3cc(Br)cnc23)cc1.Cl.N=C(N)Cl.NC(=O)c1ncc(Br)cc1N.Nc1nc2cc(Br)cnc2c(=O)[nH]1. The van der Waals surface area contributed by atoms with Crippen LogP contribution in [0.2, 0.25) is 0 Å². The maximum atomic E-state index is 12.4. The Morgan fingerprint density at radius 3 is 1.34 bits per heavy atom. The van der Waals surface area contributed by atoms with Crippen molar-refractivity contribution >= 4 is 215 Å². The minimum absolute atomic E-state index is 0. The Bertz CT molecular complexity index is 4810. The number of aryl methyl sites for hydroxylation is 2. The van der Waals surface area contributed by atoms with Crippen molar-refractivity contribution in [2.45, 2.75) is 95.5 Å². The molecule has 42 heteroatoms. The first-order valence-electron chi connectivity index (χ1n) is 29.7. The summed E-state index contributed by atoms with van der Waals surface area (Å²) in [6, 6.07) is 20.9. The van der Waals surface area contributed by atoms with Gasteiger partial charge in [-0.2, -0.15) is 31.8 Å². The van der Waals surface area contributed by atoms with Crippen LogP contribution in [-0.4, -0.2) is 128 Å². The fourth-order valence-corrected chi connectivity index (χ4v) is 11.4. The summed E-state index contributed by atoms with van der Waals surface area (Å²) in [5, 5.41) is 26.8. The predicted octanol–water partition coefficient (Wildman–Crippen LogP) is 10.1. The van der Waals surface area contributed by atoms with Crippen LogP contribution >= 0.6 is 104 Å². The summed E-state index contributed by atoms with van der Waals surface area (Å²) in [7, 11) is -8.09. The number of nitrogens with two attached hydrogens (primary N) is 8. The zero-order valence-electron chi connectivity index (χ0n) is 54.8. The van der Waals surface area contributed by atoms with Gasteiger partial charge in [0.05, 0.1) is 47.0 Å². The molecule has 0 aliphatic carbocycles. The number of primary amides is 1. The molecule has 0 spiro atoms. The summed E-state index contributed by atoms with van der Waals surface area (Å²) < 4.78 is 63.4. The van der Waals surface area contributed by atoms with Crippen LogP contribution in [0.5, 0.6) is 11.8 Å². The number of H-pyrrole nitrogens is 1. The number of hydrogen-bond acceptors (Lipinski definition) is 30. The fraction of sp³-hybridized carbons (Fsp3) is 0.242. The molecule has 0 radical (unpaired) electrons. The number of carbonyl (C=O) groups is 1. The number of anilines is 6. The molecule has 2 atom stereocenters. The Kier molecular flexibility index (Phi) is 37.1. The number of fused-ring (bicyclic) bond motifs is 4. The van der Waals surface area contributed by atoms with Gasteiger partial charge in [0.2, 0.25) is 23.8 Å². The highest BCUT2D eigenvalue weighted by molar-refractivity contribution is 9.11. The van der Waals surface area contributed by atoms with Crippen LogP contribution < -0.4 is 65.1 Å². The molecule has 2 aromatic carbocycles. The molecule has 0 aliphatic heterocycles. The largest absolute Gasteiger partial charge is 0.397 e. The summed E-state index contributed by atoms with van der Waals surface area (Å²) >= 11 is 20.9. The quantitative estimate of drug-likeness (QED) is 0.0174. The van der Waals surface area contributed by atoms with E-state index in [9.17, 15) is 31.5 Å². The highest BCUT2D eigenvalue weighted by atomic mass is 79.9. The molecule has 0 saturated carbocycles. The molecule has 0 aliphatic rings. The van der Waals surface area contributed by atoms with E-state index in [2.05, 4.69) is 181 Å². The Morgan fingerprint density at radius 1 is 0.577 bits per heavy atom. The van der Waals surface area contributed by atoms with Crippen molar-refractivity contribution in [1.29, 1.82) is 5.41 Å². The lowest BCUT2D eigenvalue weighted by atomic mass is 10.1. The van der Waals surface area contributed by atoms with Gasteiger partial charge in [0.15, 0.2) is 33.4 Å². The highest BCUT2D eigenvalue weighted by Crippen LogP contribution is 2.30. The number of hydrogen-bond donors (Lipinski definition) is 13. The van der Waals surface area contributed by atoms with E-state index in [0.29, 0.717) is 42.3 Å². The molecule has 558 valence electrons. The average molecular weight is 1840 g/mol. The van der Waals surface area contributed by atoms with Gasteiger partial charge in [0.25, 0.3) is 23.2 Å². The number of nitrogens with one attached hydrogen (secondary N) is 3. The number of nitrogens with zero attached hydrogens (tertiary/aromatic N) is 12. The summed E-state index contributed by atoms with van der Waals surface area (Å²) in [6.45, 7) is 8.12. The first-order chi connectivity index (χ1) is 48.1. The molecular formula is C62H74Br5Cl2N23O10S2. The number of aromatic amines is 1. The maximum absolute atomic E-state index is 12.4. The lowest BCUT2D eigenvalue weighted by Crippen LogP contribution is -2.24. The van der Waals surface area contributed by atoms with Gasteiger partial charge in [0.1, 0.15) is 15.3 Å². The predicted molar refractivity (Wildman–Crippen MR) is 424 cm³/mol. The number of carbonyl (C=O) groups excluding carboxylic acids is 1. The van der Waals surface area contributed by atoms with E-state index in [1.165, 1.54) is 49.1 Å². The molecule has 9 heterocycles. The molecule has 11 rings (SSSR count). The van der Waals surface area contributed by atoms with Gasteiger partial charge in [-0.3, -0.25) is 20.0 Å². The number of pyridine rings is 5. The number of aliphatic hydroxyl groups is 2. The highest BCUT2D eigenvalue weighted by Gasteiger charge is 2.23. The zero-order chi connectivity index (χ0) is 75.6. The topological polar surface area (TPSA) is 576 Å². The summed E-state index contributed by atoms with van der Waals surface area (Å²) in [4.78, 5) is 72.4. The number of amides is 1. The molecule has 0 unspecified atom stereocenters. The average Bonchev–Trinajstić information content (AvgIpc) is 0.805. The monoisotopic (exact) mass is 1830 g/mol. The van der Waals surface area contributed by atoms with Crippen molar-refractivity contribution in [2.24, 2.45) is 17.2 Å². The lowest BCUT2D eigenvalue weighted by molar-refractivity contribution is 0.0996. The lowest BCUT2D eigenvalue weighted by Gasteiger charge is -2.17. The van der Waals surface area contributed by atoms with Crippen LogP contribution in [0.1, 0.15) is 81.4 Å². The molecular weight excluding hydrogens is 1760 g/mol. The molecule has 1 amide bonds. The van der Waals surface area contributed by atoms with Gasteiger partial charge in [-0.25, -0.2) is 44.9 Å². The van der Waals surface area contributed by atoms with Crippen LogP contribution in [-0.2, 0) is 20.2 Å². The number of benzene rings is 2. The van der Waals surface area contributed by atoms with Crippen molar-refractivity contribution in [3.8, 4) is 11.8 Å². The van der Waals surface area contributed by atoms with Gasteiger partial charge < -0.3 is 69.8 Å². The third kappa shape index (κ3) is 28.8. The number of unbranched alkanes of at least 4 members (excludes halogenated alkanes) is 2. The van der Waals surface area contributed by atoms with Gasteiger partial charge >= 0.3 is 20.2 Å². The molecule has 0 fully saturated rings. The molecule has 33 nitrogen and oxygen atoms in total. The van der Waals surface area contributed by atoms with E-state index in [1.54, 1.807) is 54.7 Å². The summed E-state index contributed by atoms with van der Waals surface area (Å²) in [6.07, 6.45) is 13.9. The van der Waals surface area contributed by atoms with Crippen molar-refractivity contribution in [3.63, 3.8) is 0 Å². The first kappa shape index (κ1) is 89.7. The normalized spacial score (nSPS) is 11.2. The van der Waals surface area contributed by atoms with Crippen molar-refractivity contribution < 1.29 is 40.2 Å². The van der Waals surface area contributed by atoms with Crippen LogP contribution in [0.4, 0.5) is 35.3 Å². The molecule has 0 bridgehead atoms.